The van der Waals surface area contributed by atoms with Crippen molar-refractivity contribution in [3.8, 4) is 11.5 Å². The fraction of sp³-hybridized carbons (Fsp3) is 0.278. The van der Waals surface area contributed by atoms with Crippen LogP contribution >= 0.6 is 0 Å². The predicted octanol–water partition coefficient (Wildman–Crippen LogP) is 2.54. The molecule has 1 aliphatic heterocycles. The third-order valence-corrected chi connectivity index (χ3v) is 4.07. The van der Waals surface area contributed by atoms with Crippen LogP contribution in [0.1, 0.15) is 35.3 Å². The highest BCUT2D eigenvalue weighted by atomic mass is 16.7. The first-order valence-corrected chi connectivity index (χ1v) is 7.49. The smallest absolute Gasteiger partial charge is 0.248 e. The van der Waals surface area contributed by atoms with E-state index >= 15 is 0 Å². The highest BCUT2D eigenvalue weighted by Gasteiger charge is 2.23. The second kappa shape index (κ2) is 5.93. The summed E-state index contributed by atoms with van der Waals surface area (Å²) in [6, 6.07) is 13.3. The molecule has 0 saturated heterocycles. The molecule has 0 bridgehead atoms. The molecule has 120 valence electrons. The van der Waals surface area contributed by atoms with E-state index in [-0.39, 0.29) is 12.3 Å². The molecule has 0 saturated carbocycles. The topological polar surface area (TPSA) is 73.6 Å². The molecule has 23 heavy (non-hydrogen) atoms. The van der Waals surface area contributed by atoms with Crippen LogP contribution in [-0.4, -0.2) is 12.7 Å². The van der Waals surface area contributed by atoms with Crippen molar-refractivity contribution in [3.05, 3.63) is 59.2 Å². The molecule has 0 radical (unpaired) electrons. The van der Waals surface area contributed by atoms with Crippen molar-refractivity contribution in [2.75, 3.05) is 6.79 Å². The lowest BCUT2D eigenvalue weighted by atomic mass is 9.93. The van der Waals surface area contributed by atoms with Crippen molar-refractivity contribution in [1.82, 2.24) is 5.32 Å². The number of carbonyl (C=O) groups is 1. The van der Waals surface area contributed by atoms with Gasteiger partial charge in [0.15, 0.2) is 11.5 Å². The van der Waals surface area contributed by atoms with Crippen LogP contribution in [0.25, 0.3) is 0 Å². The van der Waals surface area contributed by atoms with Crippen LogP contribution in [0.3, 0.4) is 0 Å². The van der Waals surface area contributed by atoms with E-state index in [9.17, 15) is 4.79 Å². The Morgan fingerprint density at radius 2 is 1.83 bits per heavy atom. The second-order valence-electron chi connectivity index (χ2n) is 6.11. The Morgan fingerprint density at radius 3 is 2.52 bits per heavy atom. The number of hydrogen-bond donors (Lipinski definition) is 2. The van der Waals surface area contributed by atoms with E-state index in [1.807, 2.05) is 30.3 Å². The zero-order valence-corrected chi connectivity index (χ0v) is 13.3. The minimum atomic E-state index is -0.412. The number of rotatable bonds is 5. The molecular weight excluding hydrogens is 292 g/mol. The second-order valence-corrected chi connectivity index (χ2v) is 6.11. The Bertz CT molecular complexity index is 724. The molecular formula is C18H20N2O3. The summed E-state index contributed by atoms with van der Waals surface area (Å²) in [4.78, 5) is 11.1. The summed E-state index contributed by atoms with van der Waals surface area (Å²) < 4.78 is 10.8. The standard InChI is InChI=1S/C18H20N2O3/c1-18(2,14-7-8-15-16(9-14)23-11-22-15)20-10-12-3-5-13(6-4-12)17(19)21/h3-9,20H,10-11H2,1-2H3,(H2,19,21). The summed E-state index contributed by atoms with van der Waals surface area (Å²) in [5, 5.41) is 3.52. The van der Waals surface area contributed by atoms with Crippen molar-refractivity contribution in [3.63, 3.8) is 0 Å². The summed E-state index contributed by atoms with van der Waals surface area (Å²) in [6.07, 6.45) is 0. The monoisotopic (exact) mass is 312 g/mol. The maximum Gasteiger partial charge on any atom is 0.248 e. The van der Waals surface area contributed by atoms with Gasteiger partial charge in [0.25, 0.3) is 0 Å². The molecule has 1 aliphatic rings. The zero-order chi connectivity index (χ0) is 16.4. The summed E-state index contributed by atoms with van der Waals surface area (Å²) in [7, 11) is 0. The first-order chi connectivity index (χ1) is 11.0. The maximum atomic E-state index is 11.1. The van der Waals surface area contributed by atoms with E-state index in [1.165, 1.54) is 0 Å². The van der Waals surface area contributed by atoms with Gasteiger partial charge in [0, 0.05) is 17.6 Å². The number of nitrogens with two attached hydrogens (primary N) is 1. The third-order valence-electron chi connectivity index (χ3n) is 4.07. The van der Waals surface area contributed by atoms with Gasteiger partial charge in [-0.1, -0.05) is 18.2 Å². The number of amides is 1. The van der Waals surface area contributed by atoms with Crippen LogP contribution in [0.2, 0.25) is 0 Å². The van der Waals surface area contributed by atoms with Gasteiger partial charge in [0.05, 0.1) is 0 Å². The Morgan fingerprint density at radius 1 is 1.13 bits per heavy atom. The molecule has 0 unspecified atom stereocenters. The molecule has 1 heterocycles. The number of primary amides is 1. The van der Waals surface area contributed by atoms with Crippen LogP contribution in [0.4, 0.5) is 0 Å². The molecule has 5 nitrogen and oxygen atoms in total. The largest absolute Gasteiger partial charge is 0.454 e. The maximum absolute atomic E-state index is 11.1. The van der Waals surface area contributed by atoms with Crippen molar-refractivity contribution in [2.45, 2.75) is 25.9 Å². The molecule has 5 heteroatoms. The lowest BCUT2D eigenvalue weighted by molar-refractivity contribution is 0.1000. The SMILES string of the molecule is CC(C)(NCc1ccc(C(N)=O)cc1)c1ccc2c(c1)OCO2. The number of ether oxygens (including phenoxy) is 2. The summed E-state index contributed by atoms with van der Waals surface area (Å²) in [5.74, 6) is 1.15. The molecule has 1 amide bonds. The first kappa shape index (κ1) is 15.4. The normalized spacial score (nSPS) is 13.1. The molecule has 0 aromatic heterocycles. The predicted molar refractivity (Wildman–Crippen MR) is 87.4 cm³/mol. The van der Waals surface area contributed by atoms with Crippen molar-refractivity contribution < 1.29 is 14.3 Å². The number of nitrogens with one attached hydrogen (secondary N) is 1. The van der Waals surface area contributed by atoms with E-state index in [0.29, 0.717) is 12.1 Å². The van der Waals surface area contributed by atoms with Crippen molar-refractivity contribution in [2.24, 2.45) is 5.73 Å². The van der Waals surface area contributed by atoms with E-state index in [4.69, 9.17) is 15.2 Å². The van der Waals surface area contributed by atoms with Crippen LogP contribution in [-0.2, 0) is 12.1 Å². The van der Waals surface area contributed by atoms with Gasteiger partial charge in [-0.15, -0.1) is 0 Å². The minimum absolute atomic E-state index is 0.233. The van der Waals surface area contributed by atoms with Gasteiger partial charge in [-0.25, -0.2) is 0 Å². The Labute approximate surface area is 135 Å². The van der Waals surface area contributed by atoms with E-state index in [1.54, 1.807) is 12.1 Å². The average molecular weight is 312 g/mol. The average Bonchev–Trinajstić information content (AvgIpc) is 3.01. The van der Waals surface area contributed by atoms with E-state index in [0.717, 1.165) is 22.6 Å². The van der Waals surface area contributed by atoms with Crippen LogP contribution in [0, 0.1) is 0 Å². The fourth-order valence-electron chi connectivity index (χ4n) is 2.50. The first-order valence-electron chi connectivity index (χ1n) is 7.49. The highest BCUT2D eigenvalue weighted by molar-refractivity contribution is 5.92. The number of carbonyl (C=O) groups excluding carboxylic acids is 1. The molecule has 0 spiro atoms. The van der Waals surface area contributed by atoms with Gasteiger partial charge in [-0.3, -0.25) is 4.79 Å². The summed E-state index contributed by atoms with van der Waals surface area (Å²) in [5.41, 5.74) is 7.74. The molecule has 0 aliphatic carbocycles. The Kier molecular flexibility index (Phi) is 3.96. The lowest BCUT2D eigenvalue weighted by Crippen LogP contribution is -2.35. The van der Waals surface area contributed by atoms with Crippen LogP contribution in [0.5, 0.6) is 11.5 Å². The minimum Gasteiger partial charge on any atom is -0.454 e. The Hall–Kier alpha value is -2.53. The van der Waals surface area contributed by atoms with Crippen molar-refractivity contribution in [1.29, 1.82) is 0 Å². The van der Waals surface area contributed by atoms with E-state index < -0.39 is 5.91 Å². The van der Waals surface area contributed by atoms with Gasteiger partial charge in [-0.2, -0.15) is 0 Å². The van der Waals surface area contributed by atoms with Crippen LogP contribution < -0.4 is 20.5 Å². The van der Waals surface area contributed by atoms with Gasteiger partial charge in [0.1, 0.15) is 0 Å². The summed E-state index contributed by atoms with van der Waals surface area (Å²) >= 11 is 0. The fourth-order valence-corrected chi connectivity index (χ4v) is 2.50. The third kappa shape index (κ3) is 3.29. The van der Waals surface area contributed by atoms with Gasteiger partial charge >= 0.3 is 0 Å². The number of fused-ring (bicyclic) bond motifs is 1. The Balaban J connectivity index is 1.69. The highest BCUT2D eigenvalue weighted by Crippen LogP contribution is 2.35. The van der Waals surface area contributed by atoms with E-state index in [2.05, 4.69) is 19.2 Å². The lowest BCUT2D eigenvalue weighted by Gasteiger charge is -2.27. The molecule has 2 aromatic carbocycles. The molecule has 3 N–H and O–H groups in total. The molecule has 3 rings (SSSR count). The summed E-state index contributed by atoms with van der Waals surface area (Å²) in [6.45, 7) is 5.18. The van der Waals surface area contributed by atoms with Gasteiger partial charge < -0.3 is 20.5 Å². The molecule has 2 aromatic rings. The van der Waals surface area contributed by atoms with Gasteiger partial charge in [0.2, 0.25) is 12.7 Å². The molecule has 0 atom stereocenters. The van der Waals surface area contributed by atoms with Gasteiger partial charge in [-0.05, 0) is 49.2 Å². The van der Waals surface area contributed by atoms with Crippen LogP contribution in [0.15, 0.2) is 42.5 Å². The quantitative estimate of drug-likeness (QED) is 0.890. The molecule has 0 fully saturated rings. The number of benzene rings is 2. The number of hydrogen-bond acceptors (Lipinski definition) is 4. The van der Waals surface area contributed by atoms with Crippen molar-refractivity contribution >= 4 is 5.91 Å². The zero-order valence-electron chi connectivity index (χ0n) is 13.3.